The molecule has 0 radical (unpaired) electrons. The van der Waals surface area contributed by atoms with Crippen molar-refractivity contribution in [2.45, 2.75) is 12.5 Å². The van der Waals surface area contributed by atoms with Gasteiger partial charge in [0.25, 0.3) is 0 Å². The van der Waals surface area contributed by atoms with Gasteiger partial charge in [0, 0.05) is 66.2 Å². The Balaban J connectivity index is 1.15. The summed E-state index contributed by atoms with van der Waals surface area (Å²) in [5.41, 5.74) is 10.4. The maximum Gasteiger partial charge on any atom is 0.160 e. The van der Waals surface area contributed by atoms with E-state index in [9.17, 15) is 0 Å². The zero-order chi connectivity index (χ0) is 39.3. The predicted molar refractivity (Wildman–Crippen MR) is 250 cm³/mol. The van der Waals surface area contributed by atoms with Gasteiger partial charge in [-0.15, -0.1) is 0 Å². The van der Waals surface area contributed by atoms with Crippen LogP contribution in [0.1, 0.15) is 12.5 Å². The van der Waals surface area contributed by atoms with Gasteiger partial charge in [-0.3, -0.25) is 4.98 Å². The van der Waals surface area contributed by atoms with Crippen LogP contribution in [0.15, 0.2) is 194 Å². The molecule has 1 aliphatic rings. The van der Waals surface area contributed by atoms with Crippen molar-refractivity contribution in [2.75, 3.05) is 0 Å². The Hall–Kier alpha value is -7.89. The van der Waals surface area contributed by atoms with Crippen molar-refractivity contribution < 1.29 is 0 Å². The van der Waals surface area contributed by atoms with Crippen LogP contribution in [0, 0.1) is 0 Å². The van der Waals surface area contributed by atoms with E-state index in [-0.39, 0.29) is 6.04 Å². The van der Waals surface area contributed by atoms with Gasteiger partial charge in [0.2, 0.25) is 0 Å². The standard InChI is InChI=1S/C55H35N5/c1-3-16-35(17-4-1)55-57-44-26-15-33-56-52(44)51(58-55)34-29-31-37(32-30-34)60-46-28-14-12-25-43(46)49-50-47(39-21-8-10-23-41(39)54(49)60)38-20-7-9-22-40(38)53-48(50)42-24-11-13-27-45(42)59(53)36-18-5-2-6-19-36/h1-18,20-33,36H,19H2. The Kier molecular flexibility index (Phi) is 7.07. The first-order valence-electron chi connectivity index (χ1n) is 20.6. The van der Waals surface area contributed by atoms with Crippen LogP contribution in [0.25, 0.3) is 115 Å². The van der Waals surface area contributed by atoms with E-state index in [1.54, 1.807) is 0 Å². The van der Waals surface area contributed by atoms with E-state index in [0.29, 0.717) is 5.82 Å². The average molecular weight is 766 g/mol. The van der Waals surface area contributed by atoms with Crippen molar-refractivity contribution in [1.82, 2.24) is 24.1 Å². The van der Waals surface area contributed by atoms with Crippen molar-refractivity contribution in [3.63, 3.8) is 0 Å². The van der Waals surface area contributed by atoms with E-state index in [2.05, 4.69) is 167 Å². The third-order valence-electron chi connectivity index (χ3n) is 12.6. The minimum atomic E-state index is 0.208. The van der Waals surface area contributed by atoms with Crippen molar-refractivity contribution >= 4 is 87.0 Å². The van der Waals surface area contributed by atoms with Crippen LogP contribution >= 0.6 is 0 Å². The summed E-state index contributed by atoms with van der Waals surface area (Å²) >= 11 is 0. The largest absolute Gasteiger partial charge is 0.333 e. The fraction of sp³-hybridized carbons (Fsp3) is 0.0364. The first kappa shape index (κ1) is 33.1. The van der Waals surface area contributed by atoms with Crippen LogP contribution in [0.5, 0.6) is 0 Å². The van der Waals surface area contributed by atoms with Gasteiger partial charge in [0.05, 0.1) is 28.1 Å². The van der Waals surface area contributed by atoms with E-state index in [4.69, 9.17) is 15.0 Å². The number of hydrogen-bond acceptors (Lipinski definition) is 3. The van der Waals surface area contributed by atoms with Crippen LogP contribution in [0.4, 0.5) is 0 Å². The number of rotatable bonds is 4. The summed E-state index contributed by atoms with van der Waals surface area (Å²) in [6.07, 6.45) is 11.8. The minimum absolute atomic E-state index is 0.208. The summed E-state index contributed by atoms with van der Waals surface area (Å²) in [4.78, 5) is 14.8. The quantitative estimate of drug-likeness (QED) is 0.168. The molecular weight excluding hydrogens is 731 g/mol. The monoisotopic (exact) mass is 765 g/mol. The first-order chi connectivity index (χ1) is 29.8. The molecule has 0 N–H and O–H groups in total. The molecule has 0 fully saturated rings. The zero-order valence-corrected chi connectivity index (χ0v) is 32.5. The molecule has 5 heteroatoms. The lowest BCUT2D eigenvalue weighted by Gasteiger charge is -2.20. The number of allylic oxidation sites excluding steroid dienone is 4. The minimum Gasteiger partial charge on any atom is -0.333 e. The number of fused-ring (bicyclic) bond motifs is 16. The Morgan fingerprint density at radius 2 is 1.10 bits per heavy atom. The molecule has 0 aliphatic heterocycles. The van der Waals surface area contributed by atoms with Crippen molar-refractivity contribution in [1.29, 1.82) is 0 Å². The predicted octanol–water partition coefficient (Wildman–Crippen LogP) is 14.1. The molecule has 0 spiro atoms. The second-order valence-electron chi connectivity index (χ2n) is 15.8. The Bertz CT molecular complexity index is 3800. The number of para-hydroxylation sites is 2. The van der Waals surface area contributed by atoms with Gasteiger partial charge in [-0.1, -0.05) is 152 Å². The number of pyridine rings is 1. The number of hydrogen-bond donors (Lipinski definition) is 0. The van der Waals surface area contributed by atoms with Gasteiger partial charge >= 0.3 is 0 Å². The van der Waals surface area contributed by atoms with Gasteiger partial charge in [0.15, 0.2) is 5.82 Å². The molecule has 8 aromatic carbocycles. The topological polar surface area (TPSA) is 48.5 Å². The van der Waals surface area contributed by atoms with Gasteiger partial charge in [-0.2, -0.15) is 0 Å². The maximum atomic E-state index is 5.13. The number of nitrogens with zero attached hydrogens (tertiary/aromatic N) is 5. The highest BCUT2D eigenvalue weighted by atomic mass is 15.0. The highest BCUT2D eigenvalue weighted by Gasteiger charge is 2.27. The molecular formula is C55H35N5. The first-order valence-corrected chi connectivity index (χ1v) is 20.6. The molecule has 0 saturated carbocycles. The van der Waals surface area contributed by atoms with E-state index in [0.717, 1.165) is 40.0 Å². The SMILES string of the molecule is C1=CCC(n2c3ccccc3c3c4c(c5ccccc5c5c4c4ccccc4n5-c4ccc(-c5nc(-c6ccccc6)nc6cccnc56)cc4)c4ccccc4c32)C=C1. The van der Waals surface area contributed by atoms with Crippen LogP contribution in [-0.4, -0.2) is 24.1 Å². The molecule has 13 rings (SSSR count). The molecule has 0 amide bonds. The fourth-order valence-corrected chi connectivity index (χ4v) is 10.2. The van der Waals surface area contributed by atoms with Crippen LogP contribution in [0.3, 0.4) is 0 Å². The summed E-state index contributed by atoms with van der Waals surface area (Å²) in [6, 6.07) is 59.3. The van der Waals surface area contributed by atoms with Gasteiger partial charge < -0.3 is 9.13 Å². The third kappa shape index (κ3) is 4.66. The normalized spacial score (nSPS) is 14.3. The Labute approximate surface area is 344 Å². The molecule has 1 unspecified atom stereocenters. The lowest BCUT2D eigenvalue weighted by atomic mass is 9.89. The van der Waals surface area contributed by atoms with E-state index in [1.807, 2.05) is 36.5 Å². The van der Waals surface area contributed by atoms with Gasteiger partial charge in [-0.05, 0) is 59.0 Å². The van der Waals surface area contributed by atoms with Crippen LogP contribution in [0.2, 0.25) is 0 Å². The second kappa shape index (κ2) is 12.8. The average Bonchev–Trinajstić information content (AvgIpc) is 3.86. The summed E-state index contributed by atoms with van der Waals surface area (Å²) in [7, 11) is 0. The summed E-state index contributed by atoms with van der Waals surface area (Å²) in [5.74, 6) is 0.687. The second-order valence-corrected chi connectivity index (χ2v) is 15.8. The highest BCUT2D eigenvalue weighted by molar-refractivity contribution is 6.45. The lowest BCUT2D eigenvalue weighted by molar-refractivity contribution is 0.649. The van der Waals surface area contributed by atoms with Gasteiger partial charge in [0.1, 0.15) is 11.2 Å². The number of aromatic nitrogens is 5. The van der Waals surface area contributed by atoms with Gasteiger partial charge in [-0.25, -0.2) is 9.97 Å². The summed E-state index contributed by atoms with van der Waals surface area (Å²) in [5, 5.41) is 12.8. The third-order valence-corrected chi connectivity index (χ3v) is 12.6. The molecule has 4 heterocycles. The Morgan fingerprint density at radius 1 is 0.467 bits per heavy atom. The van der Waals surface area contributed by atoms with Crippen molar-refractivity contribution in [3.05, 3.63) is 194 Å². The van der Waals surface area contributed by atoms with E-state index < -0.39 is 0 Å². The van der Waals surface area contributed by atoms with Crippen LogP contribution in [-0.2, 0) is 0 Å². The molecule has 0 bridgehead atoms. The smallest absolute Gasteiger partial charge is 0.160 e. The Morgan fingerprint density at radius 3 is 1.83 bits per heavy atom. The van der Waals surface area contributed by atoms with Crippen molar-refractivity contribution in [2.24, 2.45) is 0 Å². The summed E-state index contributed by atoms with van der Waals surface area (Å²) in [6.45, 7) is 0. The summed E-state index contributed by atoms with van der Waals surface area (Å²) < 4.78 is 5.09. The molecule has 4 aromatic heterocycles. The maximum absolute atomic E-state index is 5.13. The molecule has 12 aromatic rings. The molecule has 5 nitrogen and oxygen atoms in total. The lowest BCUT2D eigenvalue weighted by Crippen LogP contribution is -2.07. The molecule has 1 atom stereocenters. The van der Waals surface area contributed by atoms with E-state index in [1.165, 1.54) is 75.9 Å². The highest BCUT2D eigenvalue weighted by Crippen LogP contribution is 2.51. The van der Waals surface area contributed by atoms with Crippen LogP contribution < -0.4 is 0 Å². The zero-order valence-electron chi connectivity index (χ0n) is 32.5. The van der Waals surface area contributed by atoms with Crippen molar-refractivity contribution in [3.8, 4) is 28.3 Å². The molecule has 280 valence electrons. The molecule has 60 heavy (non-hydrogen) atoms. The molecule has 1 aliphatic carbocycles. The number of benzene rings is 8. The fourth-order valence-electron chi connectivity index (χ4n) is 10.2. The van der Waals surface area contributed by atoms with E-state index >= 15 is 0 Å². The molecule has 0 saturated heterocycles.